The molecule has 2 heterocycles. The van der Waals surface area contributed by atoms with Gasteiger partial charge in [-0.15, -0.1) is 0 Å². The summed E-state index contributed by atoms with van der Waals surface area (Å²) in [6.07, 6.45) is 2.10. The number of carbonyl (C=O) groups excluding carboxylic acids is 2. The van der Waals surface area contributed by atoms with Crippen LogP contribution in [0.3, 0.4) is 0 Å². The first-order valence-corrected chi connectivity index (χ1v) is 13.4. The Kier molecular flexibility index (Phi) is 8.69. The summed E-state index contributed by atoms with van der Waals surface area (Å²) in [4.78, 5) is 28.6. The molecular weight excluding hydrogens is 478 g/mol. The molecule has 0 aromatic heterocycles. The van der Waals surface area contributed by atoms with Crippen molar-refractivity contribution in [2.75, 3.05) is 39.3 Å². The third-order valence-corrected chi connectivity index (χ3v) is 8.06. The Morgan fingerprint density at radius 2 is 1.92 bits per heavy atom. The zero-order valence-electron chi connectivity index (χ0n) is 20.5. The highest BCUT2D eigenvalue weighted by Crippen LogP contribution is 2.31. The summed E-state index contributed by atoms with van der Waals surface area (Å²) >= 11 is -2.54. The lowest BCUT2D eigenvalue weighted by molar-refractivity contribution is -0.132. The molecule has 192 valence electrons. The molecule has 2 amide bonds. The standard InChI is InChI=1S/C26H33N5O4S/c1-19(22-8-4-6-21-5-2-3-7-23(21)22)29-13-9-20(10-14-29)17-31(36(34)35)18-25(32)28-24-11-15-30(16-12-27)26(24)33/h2-8,19-20,24H,9-11,13-18H2,1H3,(H,28,32)(H,34,35)/p-1/t19?,24-/m0/s1. The molecule has 2 unspecified atom stereocenters. The predicted molar refractivity (Wildman–Crippen MR) is 136 cm³/mol. The lowest BCUT2D eigenvalue weighted by Crippen LogP contribution is -2.47. The number of benzene rings is 2. The molecule has 4 rings (SSSR count). The maximum Gasteiger partial charge on any atom is 0.246 e. The van der Waals surface area contributed by atoms with Gasteiger partial charge in [-0.3, -0.25) is 18.7 Å². The number of piperidine rings is 1. The van der Waals surface area contributed by atoms with Crippen LogP contribution in [0.5, 0.6) is 0 Å². The fourth-order valence-corrected chi connectivity index (χ4v) is 5.87. The van der Waals surface area contributed by atoms with Crippen LogP contribution in [0.25, 0.3) is 10.8 Å². The SMILES string of the molecule is CC(c1cccc2ccccc12)N1CCC(CN(CC(=O)N[C@H]2CCN(CC#N)C2=O)S(=O)[O-])CC1. The van der Waals surface area contributed by atoms with Crippen LogP contribution in [0.1, 0.15) is 37.8 Å². The number of carbonyl (C=O) groups is 2. The van der Waals surface area contributed by atoms with Gasteiger partial charge in [-0.1, -0.05) is 42.5 Å². The van der Waals surface area contributed by atoms with E-state index in [1.165, 1.54) is 21.2 Å². The van der Waals surface area contributed by atoms with Gasteiger partial charge in [-0.2, -0.15) is 5.26 Å². The number of rotatable bonds is 9. The Bertz CT molecular complexity index is 1160. The normalized spacial score (nSPS) is 21.0. The van der Waals surface area contributed by atoms with Crippen molar-refractivity contribution >= 4 is 33.9 Å². The molecule has 0 bridgehead atoms. The minimum Gasteiger partial charge on any atom is -0.760 e. The molecule has 1 N–H and O–H groups in total. The quantitative estimate of drug-likeness (QED) is 0.407. The van der Waals surface area contributed by atoms with Crippen LogP contribution in [-0.4, -0.2) is 80.0 Å². The van der Waals surface area contributed by atoms with Gasteiger partial charge in [-0.25, -0.2) is 4.31 Å². The van der Waals surface area contributed by atoms with E-state index < -0.39 is 23.2 Å². The number of hydrogen-bond donors (Lipinski definition) is 1. The van der Waals surface area contributed by atoms with Crippen LogP contribution in [0.4, 0.5) is 0 Å². The first kappa shape index (κ1) is 26.2. The molecule has 2 fully saturated rings. The third-order valence-electron chi connectivity index (χ3n) is 7.36. The van der Waals surface area contributed by atoms with Crippen molar-refractivity contribution in [2.24, 2.45) is 5.92 Å². The third kappa shape index (κ3) is 6.10. The van der Waals surface area contributed by atoms with Gasteiger partial charge in [0.25, 0.3) is 0 Å². The Balaban J connectivity index is 1.29. The Morgan fingerprint density at radius 1 is 1.19 bits per heavy atom. The highest BCUT2D eigenvalue weighted by Gasteiger charge is 2.33. The Morgan fingerprint density at radius 3 is 2.64 bits per heavy atom. The summed E-state index contributed by atoms with van der Waals surface area (Å²) in [5.41, 5.74) is 1.29. The molecule has 2 aromatic rings. The molecular formula is C26H32N5O4S-. The highest BCUT2D eigenvalue weighted by molar-refractivity contribution is 7.76. The van der Waals surface area contributed by atoms with E-state index in [-0.39, 0.29) is 37.5 Å². The Hall–Kier alpha value is -2.84. The van der Waals surface area contributed by atoms with Gasteiger partial charge in [0.1, 0.15) is 12.6 Å². The van der Waals surface area contributed by atoms with Crippen LogP contribution >= 0.6 is 0 Å². The van der Waals surface area contributed by atoms with Crippen molar-refractivity contribution in [1.82, 2.24) is 19.4 Å². The Labute approximate surface area is 214 Å². The number of hydrogen-bond acceptors (Lipinski definition) is 6. The smallest absolute Gasteiger partial charge is 0.246 e. The van der Waals surface area contributed by atoms with E-state index in [1.807, 2.05) is 12.1 Å². The van der Waals surface area contributed by atoms with Crippen molar-refractivity contribution in [3.05, 3.63) is 48.0 Å². The van der Waals surface area contributed by atoms with Gasteiger partial charge < -0.3 is 14.8 Å². The summed E-state index contributed by atoms with van der Waals surface area (Å²) in [5.74, 6) is -0.642. The van der Waals surface area contributed by atoms with Gasteiger partial charge >= 0.3 is 0 Å². The summed E-state index contributed by atoms with van der Waals surface area (Å²) in [5, 5.41) is 13.9. The molecule has 0 spiro atoms. The monoisotopic (exact) mass is 510 g/mol. The molecule has 2 aliphatic rings. The van der Waals surface area contributed by atoms with E-state index in [2.05, 4.69) is 53.5 Å². The minimum absolute atomic E-state index is 0.0142. The van der Waals surface area contributed by atoms with Crippen LogP contribution < -0.4 is 5.32 Å². The number of fused-ring (bicyclic) bond motifs is 1. The predicted octanol–water partition coefficient (Wildman–Crippen LogP) is 1.95. The van der Waals surface area contributed by atoms with Crippen molar-refractivity contribution in [2.45, 2.75) is 38.3 Å². The van der Waals surface area contributed by atoms with E-state index >= 15 is 0 Å². The van der Waals surface area contributed by atoms with Crippen LogP contribution in [0.2, 0.25) is 0 Å². The van der Waals surface area contributed by atoms with E-state index in [1.54, 1.807) is 0 Å². The van der Waals surface area contributed by atoms with Gasteiger partial charge in [0.05, 0.1) is 12.6 Å². The maximum atomic E-state index is 12.5. The molecule has 2 saturated heterocycles. The molecule has 36 heavy (non-hydrogen) atoms. The van der Waals surface area contributed by atoms with Crippen molar-refractivity contribution in [3.8, 4) is 6.07 Å². The molecule has 3 atom stereocenters. The van der Waals surface area contributed by atoms with Crippen LogP contribution in [0, 0.1) is 17.2 Å². The molecule has 10 heteroatoms. The minimum atomic E-state index is -2.54. The molecule has 9 nitrogen and oxygen atoms in total. The number of nitriles is 1. The number of nitrogens with one attached hydrogen (secondary N) is 1. The summed E-state index contributed by atoms with van der Waals surface area (Å²) in [6, 6.07) is 16.2. The van der Waals surface area contributed by atoms with Gasteiger partial charge in [0.2, 0.25) is 11.8 Å². The van der Waals surface area contributed by atoms with Crippen LogP contribution in [-0.2, 0) is 20.9 Å². The van der Waals surface area contributed by atoms with Gasteiger partial charge in [0.15, 0.2) is 0 Å². The maximum absolute atomic E-state index is 12.5. The topological polar surface area (TPSA) is 120 Å². The average molecular weight is 511 g/mol. The summed E-state index contributed by atoms with van der Waals surface area (Å²) in [7, 11) is 0. The van der Waals surface area contributed by atoms with E-state index in [9.17, 15) is 18.4 Å². The summed E-state index contributed by atoms with van der Waals surface area (Å²) < 4.78 is 24.9. The zero-order valence-corrected chi connectivity index (χ0v) is 21.3. The summed E-state index contributed by atoms with van der Waals surface area (Å²) in [6.45, 7) is 4.28. The number of likely N-dealkylation sites (tertiary alicyclic amines) is 2. The molecule has 2 aromatic carbocycles. The fourth-order valence-electron chi connectivity index (χ4n) is 5.32. The second-order valence-electron chi connectivity index (χ2n) is 9.59. The number of nitrogens with zero attached hydrogens (tertiary/aromatic N) is 4. The largest absolute Gasteiger partial charge is 0.760 e. The van der Waals surface area contributed by atoms with Crippen molar-refractivity contribution in [1.29, 1.82) is 5.26 Å². The molecule has 0 saturated carbocycles. The van der Waals surface area contributed by atoms with E-state index in [0.717, 1.165) is 30.2 Å². The molecule has 0 radical (unpaired) electrons. The van der Waals surface area contributed by atoms with Crippen molar-refractivity contribution < 1.29 is 18.4 Å². The molecule has 0 aliphatic carbocycles. The van der Waals surface area contributed by atoms with E-state index in [4.69, 9.17) is 5.26 Å². The van der Waals surface area contributed by atoms with Crippen molar-refractivity contribution in [3.63, 3.8) is 0 Å². The highest BCUT2D eigenvalue weighted by atomic mass is 32.2. The van der Waals surface area contributed by atoms with Crippen LogP contribution in [0.15, 0.2) is 42.5 Å². The first-order chi connectivity index (χ1) is 17.4. The average Bonchev–Trinajstić information content (AvgIpc) is 3.22. The van der Waals surface area contributed by atoms with Gasteiger partial charge in [0, 0.05) is 30.4 Å². The number of amides is 2. The fraction of sp³-hybridized carbons (Fsp3) is 0.500. The zero-order chi connectivity index (χ0) is 25.7. The van der Waals surface area contributed by atoms with Gasteiger partial charge in [-0.05, 0) is 61.5 Å². The first-order valence-electron chi connectivity index (χ1n) is 12.4. The molecule has 2 aliphatic heterocycles. The lowest BCUT2D eigenvalue weighted by Gasteiger charge is -2.38. The van der Waals surface area contributed by atoms with E-state index in [0.29, 0.717) is 13.0 Å². The lowest BCUT2D eigenvalue weighted by atomic mass is 9.93. The second kappa shape index (κ2) is 11.9. The second-order valence-corrected chi connectivity index (χ2v) is 10.5.